The molecule has 0 bridgehead atoms. The summed E-state index contributed by atoms with van der Waals surface area (Å²) in [7, 11) is 0. The van der Waals surface area contributed by atoms with E-state index in [9.17, 15) is 4.79 Å². The summed E-state index contributed by atoms with van der Waals surface area (Å²) < 4.78 is 5.47. The van der Waals surface area contributed by atoms with Crippen LogP contribution in [0.4, 0.5) is 5.95 Å². The molecule has 3 aromatic rings. The van der Waals surface area contributed by atoms with E-state index in [4.69, 9.17) is 9.72 Å². The van der Waals surface area contributed by atoms with Crippen molar-refractivity contribution in [3.05, 3.63) is 77.0 Å². The van der Waals surface area contributed by atoms with E-state index in [1.54, 1.807) is 6.20 Å². The number of rotatable bonds is 6. The monoisotopic (exact) mass is 430 g/mol. The second kappa shape index (κ2) is 9.92. The van der Waals surface area contributed by atoms with Gasteiger partial charge in [-0.25, -0.2) is 9.97 Å². The average molecular weight is 431 g/mol. The van der Waals surface area contributed by atoms with Crippen molar-refractivity contribution in [2.75, 3.05) is 37.7 Å². The highest BCUT2D eigenvalue weighted by Gasteiger charge is 2.23. The standard InChI is InChI=1S/C26H30N4O2/c1-4-29(18-21-9-5-7-19(2)15-21)25(31)23-17-27-26(30-11-13-32-14-12-30)28-24(23)22-10-6-8-20(3)16-22/h5-10,15-17H,4,11-14,18H2,1-3H3. The summed E-state index contributed by atoms with van der Waals surface area (Å²) in [5, 5.41) is 0. The van der Waals surface area contributed by atoms with E-state index in [-0.39, 0.29) is 5.91 Å². The van der Waals surface area contributed by atoms with Crippen molar-refractivity contribution in [1.82, 2.24) is 14.9 Å². The van der Waals surface area contributed by atoms with Gasteiger partial charge in [-0.2, -0.15) is 0 Å². The normalized spacial score (nSPS) is 13.8. The zero-order chi connectivity index (χ0) is 22.5. The predicted octanol–water partition coefficient (Wildman–Crippen LogP) is 4.26. The van der Waals surface area contributed by atoms with Crippen LogP contribution >= 0.6 is 0 Å². The molecule has 0 unspecified atom stereocenters. The Morgan fingerprint density at radius 1 is 1.06 bits per heavy atom. The molecule has 6 heteroatoms. The number of hydrogen-bond donors (Lipinski definition) is 0. The average Bonchev–Trinajstić information content (AvgIpc) is 2.82. The number of amides is 1. The van der Waals surface area contributed by atoms with Crippen molar-refractivity contribution in [3.8, 4) is 11.3 Å². The first kappa shape index (κ1) is 22.0. The second-order valence-corrected chi connectivity index (χ2v) is 8.21. The highest BCUT2D eigenvalue weighted by atomic mass is 16.5. The van der Waals surface area contributed by atoms with E-state index in [1.165, 1.54) is 5.56 Å². The van der Waals surface area contributed by atoms with Crippen LogP contribution in [0, 0.1) is 13.8 Å². The molecule has 32 heavy (non-hydrogen) atoms. The van der Waals surface area contributed by atoms with Gasteiger partial charge in [-0.3, -0.25) is 4.79 Å². The third-order valence-corrected chi connectivity index (χ3v) is 5.72. The third-order valence-electron chi connectivity index (χ3n) is 5.72. The molecule has 1 aliphatic rings. The molecule has 0 atom stereocenters. The maximum atomic E-state index is 13.6. The van der Waals surface area contributed by atoms with E-state index >= 15 is 0 Å². The van der Waals surface area contributed by atoms with Crippen LogP contribution in [0.25, 0.3) is 11.3 Å². The summed E-state index contributed by atoms with van der Waals surface area (Å²) in [6.45, 7) is 10.1. The molecule has 6 nitrogen and oxygen atoms in total. The lowest BCUT2D eigenvalue weighted by Gasteiger charge is -2.28. The summed E-state index contributed by atoms with van der Waals surface area (Å²) in [5.41, 5.74) is 5.56. The molecule has 0 aliphatic carbocycles. The number of carbonyl (C=O) groups is 1. The molecule has 4 rings (SSSR count). The van der Waals surface area contributed by atoms with Gasteiger partial charge in [0.1, 0.15) is 0 Å². The number of ether oxygens (including phenoxy) is 1. The van der Waals surface area contributed by atoms with Gasteiger partial charge in [-0.1, -0.05) is 53.6 Å². The van der Waals surface area contributed by atoms with Gasteiger partial charge < -0.3 is 14.5 Å². The quantitative estimate of drug-likeness (QED) is 0.585. The van der Waals surface area contributed by atoms with Gasteiger partial charge in [0.05, 0.1) is 24.5 Å². The van der Waals surface area contributed by atoms with E-state index in [0.717, 1.165) is 29.8 Å². The highest BCUT2D eigenvalue weighted by Crippen LogP contribution is 2.26. The smallest absolute Gasteiger partial charge is 0.257 e. The number of nitrogens with zero attached hydrogens (tertiary/aromatic N) is 4. The number of morpholine rings is 1. The highest BCUT2D eigenvalue weighted by molar-refractivity contribution is 5.99. The lowest BCUT2D eigenvalue weighted by molar-refractivity contribution is 0.0752. The molecule has 1 fully saturated rings. The first-order chi connectivity index (χ1) is 15.5. The number of anilines is 1. The number of aromatic nitrogens is 2. The molecule has 2 aromatic carbocycles. The second-order valence-electron chi connectivity index (χ2n) is 8.21. The van der Waals surface area contributed by atoms with Crippen LogP contribution in [0.15, 0.2) is 54.7 Å². The molecule has 1 aromatic heterocycles. The number of benzene rings is 2. The Labute approximate surface area is 189 Å². The minimum atomic E-state index is -0.0564. The predicted molar refractivity (Wildman–Crippen MR) is 127 cm³/mol. The van der Waals surface area contributed by atoms with Crippen molar-refractivity contribution in [1.29, 1.82) is 0 Å². The van der Waals surface area contributed by atoms with Gasteiger partial charge in [-0.05, 0) is 32.4 Å². The van der Waals surface area contributed by atoms with Crippen LogP contribution in [0.5, 0.6) is 0 Å². The number of hydrogen-bond acceptors (Lipinski definition) is 5. The fourth-order valence-corrected chi connectivity index (χ4v) is 3.99. The third kappa shape index (κ3) is 4.97. The van der Waals surface area contributed by atoms with Gasteiger partial charge in [0.25, 0.3) is 5.91 Å². The molecule has 0 spiro atoms. The summed E-state index contributed by atoms with van der Waals surface area (Å²) in [6, 6.07) is 16.4. The maximum absolute atomic E-state index is 13.6. The lowest BCUT2D eigenvalue weighted by atomic mass is 10.0. The van der Waals surface area contributed by atoms with Gasteiger partial charge in [0.15, 0.2) is 0 Å². The molecular formula is C26H30N4O2. The topological polar surface area (TPSA) is 58.6 Å². The zero-order valence-corrected chi connectivity index (χ0v) is 19.0. The van der Waals surface area contributed by atoms with Crippen LogP contribution in [-0.2, 0) is 11.3 Å². The summed E-state index contributed by atoms with van der Waals surface area (Å²) in [6.07, 6.45) is 1.69. The molecule has 0 N–H and O–H groups in total. The first-order valence-corrected chi connectivity index (χ1v) is 11.2. The first-order valence-electron chi connectivity index (χ1n) is 11.2. The van der Waals surface area contributed by atoms with Crippen molar-refractivity contribution in [3.63, 3.8) is 0 Å². The van der Waals surface area contributed by atoms with E-state index in [2.05, 4.69) is 41.1 Å². The fourth-order valence-electron chi connectivity index (χ4n) is 3.99. The maximum Gasteiger partial charge on any atom is 0.257 e. The summed E-state index contributed by atoms with van der Waals surface area (Å²) in [5.74, 6) is 0.585. The lowest BCUT2D eigenvalue weighted by Crippen LogP contribution is -2.37. The largest absolute Gasteiger partial charge is 0.378 e. The Hall–Kier alpha value is -3.25. The van der Waals surface area contributed by atoms with Gasteiger partial charge in [-0.15, -0.1) is 0 Å². The van der Waals surface area contributed by atoms with E-state index in [1.807, 2.05) is 43.0 Å². The van der Waals surface area contributed by atoms with Gasteiger partial charge in [0.2, 0.25) is 5.95 Å². The Bertz CT molecular complexity index is 1090. The summed E-state index contributed by atoms with van der Waals surface area (Å²) >= 11 is 0. The number of carbonyl (C=O) groups excluding carboxylic acids is 1. The minimum Gasteiger partial charge on any atom is -0.378 e. The molecular weight excluding hydrogens is 400 g/mol. The fraction of sp³-hybridized carbons (Fsp3) is 0.346. The summed E-state index contributed by atoms with van der Waals surface area (Å²) in [4.78, 5) is 27.1. The molecule has 1 amide bonds. The Morgan fingerprint density at radius 2 is 1.78 bits per heavy atom. The Kier molecular flexibility index (Phi) is 6.81. The SMILES string of the molecule is CCN(Cc1cccc(C)c1)C(=O)c1cnc(N2CCOCC2)nc1-c1cccc(C)c1. The minimum absolute atomic E-state index is 0.0564. The van der Waals surface area contributed by atoms with Crippen LogP contribution in [0.3, 0.4) is 0 Å². The van der Waals surface area contributed by atoms with Gasteiger partial charge in [0, 0.05) is 37.9 Å². The molecule has 2 heterocycles. The Morgan fingerprint density at radius 3 is 2.47 bits per heavy atom. The molecule has 0 radical (unpaired) electrons. The zero-order valence-electron chi connectivity index (χ0n) is 19.0. The van der Waals surface area contributed by atoms with Crippen LogP contribution < -0.4 is 4.90 Å². The van der Waals surface area contributed by atoms with Crippen molar-refractivity contribution in [2.24, 2.45) is 0 Å². The molecule has 1 aliphatic heterocycles. The van der Waals surface area contributed by atoms with E-state index < -0.39 is 0 Å². The van der Waals surface area contributed by atoms with Gasteiger partial charge >= 0.3 is 0 Å². The molecule has 1 saturated heterocycles. The van der Waals surface area contributed by atoms with Crippen molar-refractivity contribution in [2.45, 2.75) is 27.3 Å². The van der Waals surface area contributed by atoms with Crippen molar-refractivity contribution >= 4 is 11.9 Å². The molecule has 0 saturated carbocycles. The van der Waals surface area contributed by atoms with Crippen LogP contribution in [0.1, 0.15) is 34.0 Å². The molecule has 166 valence electrons. The van der Waals surface area contributed by atoms with Crippen molar-refractivity contribution < 1.29 is 9.53 Å². The Balaban J connectivity index is 1.71. The van der Waals surface area contributed by atoms with Crippen LogP contribution in [0.2, 0.25) is 0 Å². The van der Waals surface area contributed by atoms with E-state index in [0.29, 0.717) is 43.5 Å². The van der Waals surface area contributed by atoms with Crippen LogP contribution in [-0.4, -0.2) is 53.6 Å². The number of aryl methyl sites for hydroxylation is 2.